The van der Waals surface area contributed by atoms with Crippen molar-refractivity contribution in [3.63, 3.8) is 0 Å². The maximum Gasteiger partial charge on any atom is 0.340 e. The number of rotatable bonds is 18. The van der Waals surface area contributed by atoms with Crippen LogP contribution in [-0.2, 0) is 18.2 Å². The van der Waals surface area contributed by atoms with E-state index in [1.165, 1.54) is 25.7 Å². The van der Waals surface area contributed by atoms with E-state index in [4.69, 9.17) is 9.05 Å². The predicted molar refractivity (Wildman–Crippen MR) is 103 cm³/mol. The summed E-state index contributed by atoms with van der Waals surface area (Å²) in [5.74, 6) is -0.828. The molecule has 0 fully saturated rings. The van der Waals surface area contributed by atoms with Crippen molar-refractivity contribution in [2.75, 3.05) is 19.1 Å². The van der Waals surface area contributed by atoms with Gasteiger partial charge in [-0.25, -0.2) is 0 Å². The molecule has 0 spiro atoms. The van der Waals surface area contributed by atoms with Crippen molar-refractivity contribution in [2.45, 2.75) is 90.9 Å². The molecule has 2 atom stereocenters. The summed E-state index contributed by atoms with van der Waals surface area (Å²) in [6.45, 7) is 4.56. The standard InChI is InChI=1S/C17H38O6P2/c1-3-5-7-9-11-13-15-22-24(18,19)17-25(20,21)23-16-14-12-10-8-6-4-2/h3-17H2,1-2H3,(H,18,19)(H,20,21). The van der Waals surface area contributed by atoms with Gasteiger partial charge in [-0.15, -0.1) is 0 Å². The quantitative estimate of drug-likeness (QED) is 0.214. The Morgan fingerprint density at radius 3 is 1.28 bits per heavy atom. The zero-order valence-electron chi connectivity index (χ0n) is 16.0. The highest BCUT2D eigenvalue weighted by atomic mass is 31.2. The van der Waals surface area contributed by atoms with Gasteiger partial charge in [0, 0.05) is 0 Å². The van der Waals surface area contributed by atoms with Gasteiger partial charge in [-0.3, -0.25) is 9.13 Å². The van der Waals surface area contributed by atoms with Gasteiger partial charge in [-0.05, 0) is 12.8 Å². The van der Waals surface area contributed by atoms with E-state index in [0.717, 1.165) is 38.5 Å². The van der Waals surface area contributed by atoms with Crippen LogP contribution in [0.4, 0.5) is 0 Å². The van der Waals surface area contributed by atoms with E-state index in [0.29, 0.717) is 12.8 Å². The molecule has 152 valence electrons. The van der Waals surface area contributed by atoms with Gasteiger partial charge in [0.05, 0.1) is 13.2 Å². The Balaban J connectivity index is 3.81. The average Bonchev–Trinajstić information content (AvgIpc) is 2.52. The van der Waals surface area contributed by atoms with Crippen LogP contribution in [0.1, 0.15) is 90.9 Å². The Hall–Kier alpha value is 0.300. The van der Waals surface area contributed by atoms with E-state index in [1.807, 2.05) is 0 Å². The third-order valence-electron chi connectivity index (χ3n) is 3.94. The molecule has 2 N–H and O–H groups in total. The summed E-state index contributed by atoms with van der Waals surface area (Å²) in [6, 6.07) is 0. The van der Waals surface area contributed by atoms with Crippen LogP contribution in [0, 0.1) is 0 Å². The first-order chi connectivity index (χ1) is 11.8. The maximum absolute atomic E-state index is 11.9. The van der Waals surface area contributed by atoms with E-state index in [1.54, 1.807) is 0 Å². The Morgan fingerprint density at radius 1 is 0.600 bits per heavy atom. The van der Waals surface area contributed by atoms with E-state index in [-0.39, 0.29) is 13.2 Å². The van der Waals surface area contributed by atoms with Gasteiger partial charge in [0.2, 0.25) is 0 Å². The number of hydrogen-bond donors (Lipinski definition) is 2. The molecule has 0 aromatic carbocycles. The number of hydrogen-bond acceptors (Lipinski definition) is 4. The molecule has 0 aliphatic heterocycles. The van der Waals surface area contributed by atoms with Gasteiger partial charge < -0.3 is 18.8 Å². The molecule has 0 amide bonds. The first-order valence-corrected chi connectivity index (χ1v) is 13.3. The van der Waals surface area contributed by atoms with Gasteiger partial charge in [0.15, 0.2) is 5.90 Å². The van der Waals surface area contributed by atoms with Crippen molar-refractivity contribution in [3.8, 4) is 0 Å². The Kier molecular flexibility index (Phi) is 15.6. The fourth-order valence-corrected chi connectivity index (χ4v) is 5.78. The Morgan fingerprint density at radius 2 is 0.920 bits per heavy atom. The average molecular weight is 400 g/mol. The minimum Gasteiger partial charge on any atom is -0.324 e. The van der Waals surface area contributed by atoms with Crippen LogP contribution in [-0.4, -0.2) is 28.9 Å². The summed E-state index contributed by atoms with van der Waals surface area (Å²) in [5.41, 5.74) is 0. The second-order valence-electron chi connectivity index (χ2n) is 6.62. The van der Waals surface area contributed by atoms with E-state index < -0.39 is 21.1 Å². The van der Waals surface area contributed by atoms with Crippen LogP contribution in [0.2, 0.25) is 0 Å². The van der Waals surface area contributed by atoms with Gasteiger partial charge >= 0.3 is 15.2 Å². The molecule has 0 bridgehead atoms. The minimum absolute atomic E-state index is 0.136. The van der Waals surface area contributed by atoms with Gasteiger partial charge in [0.1, 0.15) is 0 Å². The van der Waals surface area contributed by atoms with E-state index in [2.05, 4.69) is 13.8 Å². The largest absolute Gasteiger partial charge is 0.340 e. The fraction of sp³-hybridized carbons (Fsp3) is 1.00. The lowest BCUT2D eigenvalue weighted by molar-refractivity contribution is 0.240. The van der Waals surface area contributed by atoms with Gasteiger partial charge in [-0.2, -0.15) is 0 Å². The molecular weight excluding hydrogens is 362 g/mol. The van der Waals surface area contributed by atoms with Crippen LogP contribution < -0.4 is 0 Å². The zero-order valence-corrected chi connectivity index (χ0v) is 17.8. The van der Waals surface area contributed by atoms with E-state index >= 15 is 0 Å². The first-order valence-electron chi connectivity index (χ1n) is 9.75. The molecule has 0 aromatic rings. The summed E-state index contributed by atoms with van der Waals surface area (Å²) in [5, 5.41) is 0. The molecule has 0 aliphatic rings. The van der Waals surface area contributed by atoms with Crippen molar-refractivity contribution in [2.24, 2.45) is 0 Å². The minimum atomic E-state index is -4.08. The molecule has 0 radical (unpaired) electrons. The summed E-state index contributed by atoms with van der Waals surface area (Å²) >= 11 is 0. The number of unbranched alkanes of at least 4 members (excludes halogenated alkanes) is 10. The van der Waals surface area contributed by atoms with E-state index in [9.17, 15) is 18.9 Å². The van der Waals surface area contributed by atoms with Crippen LogP contribution in [0.5, 0.6) is 0 Å². The smallest absolute Gasteiger partial charge is 0.324 e. The SMILES string of the molecule is CCCCCCCCOP(=O)(O)CP(=O)(O)OCCCCCCCC. The first kappa shape index (κ1) is 25.3. The topological polar surface area (TPSA) is 93.1 Å². The van der Waals surface area contributed by atoms with Crippen LogP contribution in [0.25, 0.3) is 0 Å². The second kappa shape index (κ2) is 15.4. The molecule has 0 aromatic heterocycles. The lowest BCUT2D eigenvalue weighted by Gasteiger charge is -2.16. The molecule has 6 nitrogen and oxygen atoms in total. The van der Waals surface area contributed by atoms with Crippen LogP contribution in [0.15, 0.2) is 0 Å². The molecule has 0 saturated heterocycles. The fourth-order valence-electron chi connectivity index (χ4n) is 2.49. The third-order valence-corrected chi connectivity index (χ3v) is 7.97. The zero-order chi connectivity index (χ0) is 19.0. The molecule has 0 heterocycles. The third kappa shape index (κ3) is 17.5. The van der Waals surface area contributed by atoms with Crippen LogP contribution >= 0.6 is 15.2 Å². The van der Waals surface area contributed by atoms with Crippen molar-refractivity contribution >= 4 is 15.2 Å². The molecular formula is C17H38O6P2. The molecule has 0 rings (SSSR count). The van der Waals surface area contributed by atoms with Crippen molar-refractivity contribution < 1.29 is 28.0 Å². The maximum atomic E-state index is 11.9. The molecule has 0 aliphatic carbocycles. The Bertz CT molecular complexity index is 367. The molecule has 0 saturated carbocycles. The van der Waals surface area contributed by atoms with Crippen molar-refractivity contribution in [1.82, 2.24) is 0 Å². The molecule has 8 heteroatoms. The highest BCUT2D eigenvalue weighted by Crippen LogP contribution is 2.58. The summed E-state index contributed by atoms with van der Waals surface area (Å²) in [7, 11) is -8.17. The molecule has 2 unspecified atom stereocenters. The predicted octanol–water partition coefficient (Wildman–Crippen LogP) is 6.07. The highest BCUT2D eigenvalue weighted by molar-refractivity contribution is 7.70. The van der Waals surface area contributed by atoms with Crippen molar-refractivity contribution in [3.05, 3.63) is 0 Å². The van der Waals surface area contributed by atoms with Gasteiger partial charge in [-0.1, -0.05) is 78.1 Å². The van der Waals surface area contributed by atoms with Crippen molar-refractivity contribution in [1.29, 1.82) is 0 Å². The Labute approximate surface area is 153 Å². The highest BCUT2D eigenvalue weighted by Gasteiger charge is 2.33. The summed E-state index contributed by atoms with van der Waals surface area (Å²) < 4.78 is 33.7. The summed E-state index contributed by atoms with van der Waals surface area (Å²) in [4.78, 5) is 19.4. The monoisotopic (exact) mass is 400 g/mol. The molecule has 25 heavy (non-hydrogen) atoms. The van der Waals surface area contributed by atoms with Gasteiger partial charge in [0.25, 0.3) is 0 Å². The second-order valence-corrected chi connectivity index (χ2v) is 10.8. The normalized spacial score (nSPS) is 16.5. The summed E-state index contributed by atoms with van der Waals surface area (Å²) in [6.07, 6.45) is 12.4. The van der Waals surface area contributed by atoms with Crippen LogP contribution in [0.3, 0.4) is 0 Å². The lowest BCUT2D eigenvalue weighted by atomic mass is 10.1. The lowest BCUT2D eigenvalue weighted by Crippen LogP contribution is -2.01.